The van der Waals surface area contributed by atoms with Crippen LogP contribution >= 0.6 is 0 Å². The Bertz CT molecular complexity index is 358. The minimum atomic E-state index is 0.0794. The van der Waals surface area contributed by atoms with Crippen LogP contribution in [0.25, 0.3) is 0 Å². The second-order valence-corrected chi connectivity index (χ2v) is 4.10. The molecular weight excluding hydrogens is 204 g/mol. The van der Waals surface area contributed by atoms with Crippen molar-refractivity contribution in [1.29, 1.82) is 0 Å². The van der Waals surface area contributed by atoms with E-state index in [-0.39, 0.29) is 6.10 Å². The van der Waals surface area contributed by atoms with Crippen molar-refractivity contribution in [1.82, 2.24) is 0 Å². The van der Waals surface area contributed by atoms with E-state index in [1.807, 2.05) is 6.92 Å². The zero-order valence-corrected chi connectivity index (χ0v) is 10.2. The van der Waals surface area contributed by atoms with E-state index >= 15 is 0 Å². The van der Waals surface area contributed by atoms with Crippen molar-refractivity contribution in [3.63, 3.8) is 0 Å². The van der Waals surface area contributed by atoms with Crippen LogP contribution in [0.1, 0.15) is 31.1 Å². The van der Waals surface area contributed by atoms with Gasteiger partial charge in [0.05, 0.1) is 13.2 Å². The molecule has 0 aromatic heterocycles. The second-order valence-electron chi connectivity index (χ2n) is 4.10. The van der Waals surface area contributed by atoms with E-state index in [1.54, 1.807) is 25.3 Å². The Morgan fingerprint density at radius 3 is 2.38 bits per heavy atom. The molecule has 1 aromatic rings. The molecule has 0 aliphatic heterocycles. The van der Waals surface area contributed by atoms with Gasteiger partial charge < -0.3 is 9.47 Å². The van der Waals surface area contributed by atoms with Gasteiger partial charge in [-0.25, -0.2) is 0 Å². The summed E-state index contributed by atoms with van der Waals surface area (Å²) in [5.74, 6) is 1.68. The molecule has 0 bridgehead atoms. The summed E-state index contributed by atoms with van der Waals surface area (Å²) in [4.78, 5) is 10.7. The van der Waals surface area contributed by atoms with Crippen molar-refractivity contribution in [2.45, 2.75) is 26.9 Å². The normalized spacial score (nSPS) is 12.3. The lowest BCUT2D eigenvalue weighted by atomic mass is 10.1. The van der Waals surface area contributed by atoms with E-state index in [4.69, 9.17) is 9.47 Å². The first-order chi connectivity index (χ1) is 7.58. The number of ether oxygens (including phenoxy) is 2. The van der Waals surface area contributed by atoms with E-state index in [9.17, 15) is 4.79 Å². The van der Waals surface area contributed by atoms with Gasteiger partial charge in [0.25, 0.3) is 0 Å². The molecule has 0 heterocycles. The van der Waals surface area contributed by atoms with E-state index < -0.39 is 0 Å². The van der Waals surface area contributed by atoms with Gasteiger partial charge in [-0.05, 0) is 31.0 Å². The minimum absolute atomic E-state index is 0.0794. The summed E-state index contributed by atoms with van der Waals surface area (Å²) in [6, 6.07) is 5.15. The highest BCUT2D eigenvalue weighted by molar-refractivity contribution is 5.76. The molecule has 16 heavy (non-hydrogen) atoms. The van der Waals surface area contributed by atoms with Gasteiger partial charge in [-0.2, -0.15) is 0 Å². The van der Waals surface area contributed by atoms with Gasteiger partial charge in [-0.15, -0.1) is 0 Å². The number of carbonyl (C=O) groups excluding carboxylic acids is 1. The van der Waals surface area contributed by atoms with Gasteiger partial charge >= 0.3 is 0 Å². The molecule has 3 nitrogen and oxygen atoms in total. The van der Waals surface area contributed by atoms with Gasteiger partial charge in [-0.3, -0.25) is 4.79 Å². The Hall–Kier alpha value is -1.51. The van der Waals surface area contributed by atoms with Gasteiger partial charge in [0.15, 0.2) is 11.5 Å². The van der Waals surface area contributed by atoms with Crippen LogP contribution in [0.5, 0.6) is 11.5 Å². The molecule has 1 unspecified atom stereocenters. The molecule has 0 spiro atoms. The highest BCUT2D eigenvalue weighted by Crippen LogP contribution is 2.29. The maximum Gasteiger partial charge on any atom is 0.162 e. The van der Waals surface area contributed by atoms with Crippen molar-refractivity contribution in [3.8, 4) is 11.5 Å². The van der Waals surface area contributed by atoms with Crippen LogP contribution in [0.3, 0.4) is 0 Å². The monoisotopic (exact) mass is 222 g/mol. The fourth-order valence-corrected chi connectivity index (χ4v) is 1.20. The fourth-order valence-electron chi connectivity index (χ4n) is 1.20. The molecule has 0 N–H and O–H groups in total. The third kappa shape index (κ3) is 2.99. The summed E-state index contributed by atoms with van der Waals surface area (Å²) >= 11 is 0. The largest absolute Gasteiger partial charge is 0.493 e. The Balaban J connectivity index is 2.95. The first-order valence-corrected chi connectivity index (χ1v) is 5.38. The molecule has 0 radical (unpaired) electrons. The molecule has 0 aliphatic carbocycles. The smallest absolute Gasteiger partial charge is 0.162 e. The predicted octanol–water partition coefficient (Wildman–Crippen LogP) is 2.93. The Kier molecular flexibility index (Phi) is 4.35. The second kappa shape index (κ2) is 5.54. The van der Waals surface area contributed by atoms with Crippen molar-refractivity contribution in [2.24, 2.45) is 5.92 Å². The van der Waals surface area contributed by atoms with E-state index in [2.05, 4.69) is 13.8 Å². The molecule has 0 saturated carbocycles. The molecule has 1 aromatic carbocycles. The zero-order valence-electron chi connectivity index (χ0n) is 10.2. The summed E-state index contributed by atoms with van der Waals surface area (Å²) in [6.45, 7) is 6.17. The molecule has 1 atom stereocenters. The predicted molar refractivity (Wildman–Crippen MR) is 63.3 cm³/mol. The molecular formula is C13H18O3. The van der Waals surface area contributed by atoms with Crippen molar-refractivity contribution >= 4 is 6.29 Å². The van der Waals surface area contributed by atoms with Crippen LogP contribution < -0.4 is 9.47 Å². The number of methoxy groups -OCH3 is 1. The number of rotatable bonds is 5. The zero-order chi connectivity index (χ0) is 12.1. The number of carbonyl (C=O) groups is 1. The van der Waals surface area contributed by atoms with Crippen molar-refractivity contribution < 1.29 is 14.3 Å². The van der Waals surface area contributed by atoms with Gasteiger partial charge in [-0.1, -0.05) is 13.8 Å². The van der Waals surface area contributed by atoms with Crippen molar-refractivity contribution in [3.05, 3.63) is 23.8 Å². The van der Waals surface area contributed by atoms with Gasteiger partial charge in [0, 0.05) is 5.56 Å². The summed E-state index contributed by atoms with van der Waals surface area (Å²) in [5, 5.41) is 0. The maximum atomic E-state index is 10.7. The quantitative estimate of drug-likeness (QED) is 0.718. The molecule has 0 saturated heterocycles. The Morgan fingerprint density at radius 1 is 1.19 bits per heavy atom. The summed E-state index contributed by atoms with van der Waals surface area (Å²) in [6.07, 6.45) is 0.877. The first kappa shape index (κ1) is 12.6. The maximum absolute atomic E-state index is 10.7. The summed E-state index contributed by atoms with van der Waals surface area (Å²) in [7, 11) is 1.59. The van der Waals surface area contributed by atoms with Crippen LogP contribution in [-0.4, -0.2) is 19.5 Å². The standard InChI is InChI=1S/C13H18O3/c1-9(2)10(3)16-13-7-11(8-14)5-6-12(13)15-4/h5-10H,1-4H3. The molecule has 0 amide bonds. The Morgan fingerprint density at radius 2 is 1.88 bits per heavy atom. The van der Waals surface area contributed by atoms with E-state index in [0.717, 1.165) is 6.29 Å². The number of benzene rings is 1. The average molecular weight is 222 g/mol. The summed E-state index contributed by atoms with van der Waals surface area (Å²) in [5.41, 5.74) is 0.590. The van der Waals surface area contributed by atoms with E-state index in [1.165, 1.54) is 0 Å². The lowest BCUT2D eigenvalue weighted by molar-refractivity contribution is 0.112. The fraction of sp³-hybridized carbons (Fsp3) is 0.462. The van der Waals surface area contributed by atoms with Crippen LogP contribution in [0.2, 0.25) is 0 Å². The van der Waals surface area contributed by atoms with Crippen LogP contribution in [0.4, 0.5) is 0 Å². The van der Waals surface area contributed by atoms with Crippen LogP contribution in [0, 0.1) is 5.92 Å². The topological polar surface area (TPSA) is 35.5 Å². The number of aldehydes is 1. The van der Waals surface area contributed by atoms with E-state index in [0.29, 0.717) is 23.0 Å². The highest BCUT2D eigenvalue weighted by atomic mass is 16.5. The Labute approximate surface area is 96.4 Å². The first-order valence-electron chi connectivity index (χ1n) is 5.38. The van der Waals surface area contributed by atoms with Gasteiger partial charge in [0.2, 0.25) is 0 Å². The summed E-state index contributed by atoms with van der Waals surface area (Å²) < 4.78 is 10.9. The average Bonchev–Trinajstić information content (AvgIpc) is 2.28. The third-order valence-corrected chi connectivity index (χ3v) is 2.58. The van der Waals surface area contributed by atoms with Crippen LogP contribution in [0.15, 0.2) is 18.2 Å². The van der Waals surface area contributed by atoms with Gasteiger partial charge in [0.1, 0.15) is 6.29 Å². The molecule has 3 heteroatoms. The highest BCUT2D eigenvalue weighted by Gasteiger charge is 2.12. The molecule has 0 aliphatic rings. The number of hydrogen-bond donors (Lipinski definition) is 0. The SMILES string of the molecule is COc1ccc(C=O)cc1OC(C)C(C)C. The van der Waals surface area contributed by atoms with Crippen molar-refractivity contribution in [2.75, 3.05) is 7.11 Å². The third-order valence-electron chi connectivity index (χ3n) is 2.58. The number of hydrogen-bond acceptors (Lipinski definition) is 3. The molecule has 88 valence electrons. The van der Waals surface area contributed by atoms with Crippen LogP contribution in [-0.2, 0) is 0 Å². The minimum Gasteiger partial charge on any atom is -0.493 e. The lowest BCUT2D eigenvalue weighted by Gasteiger charge is -2.19. The molecule has 0 fully saturated rings. The lowest BCUT2D eigenvalue weighted by Crippen LogP contribution is -2.19. The molecule has 1 rings (SSSR count).